The van der Waals surface area contributed by atoms with E-state index in [1.165, 1.54) is 4.68 Å². The van der Waals surface area contributed by atoms with E-state index in [-0.39, 0.29) is 5.56 Å². The largest absolute Gasteiger partial charge is 0.389 e. The van der Waals surface area contributed by atoms with Gasteiger partial charge in [-0.05, 0) is 47.9 Å². The number of nitrogens with zero attached hydrogens (tertiary/aromatic N) is 2. The number of hydrogen-bond acceptors (Lipinski definition) is 3. The van der Waals surface area contributed by atoms with Crippen LogP contribution >= 0.6 is 0 Å². The van der Waals surface area contributed by atoms with Gasteiger partial charge >= 0.3 is 0 Å². The highest BCUT2D eigenvalue weighted by molar-refractivity contribution is 5.86. The summed E-state index contributed by atoms with van der Waals surface area (Å²) < 4.78 is 1.39. The maximum absolute atomic E-state index is 12.8. The van der Waals surface area contributed by atoms with Gasteiger partial charge in [0.2, 0.25) is 0 Å². The normalized spacial score (nSPS) is 12.2. The molecule has 0 aliphatic carbocycles. The van der Waals surface area contributed by atoms with Gasteiger partial charge < -0.3 is 5.11 Å². The van der Waals surface area contributed by atoms with E-state index < -0.39 is 6.10 Å². The van der Waals surface area contributed by atoms with E-state index in [0.29, 0.717) is 11.1 Å². The summed E-state index contributed by atoms with van der Waals surface area (Å²) >= 11 is 0. The van der Waals surface area contributed by atoms with Gasteiger partial charge in [-0.25, -0.2) is 0 Å². The molecule has 4 heteroatoms. The Balaban J connectivity index is 1.79. The first kappa shape index (κ1) is 16.2. The van der Waals surface area contributed by atoms with Crippen LogP contribution in [0.25, 0.3) is 27.6 Å². The van der Waals surface area contributed by atoms with Crippen molar-refractivity contribution in [2.75, 3.05) is 0 Å². The summed E-state index contributed by atoms with van der Waals surface area (Å²) in [4.78, 5) is 12.8. The molecule has 1 N–H and O–H groups in total. The molecule has 0 aliphatic heterocycles. The van der Waals surface area contributed by atoms with Crippen LogP contribution in [0, 0.1) is 0 Å². The Bertz CT molecular complexity index is 1110. The molecule has 4 aromatic rings. The van der Waals surface area contributed by atoms with Gasteiger partial charge in [0.05, 0.1) is 23.4 Å². The standard InChI is InChI=1S/C22H18N2O2/c1-15(25)16-7-10-20(11-8-16)24-22(26)21-12-9-18(13-19(21)14-23-24)17-5-3-2-4-6-17/h2-15,25H,1H3. The first-order valence-corrected chi connectivity index (χ1v) is 8.49. The Morgan fingerprint density at radius 1 is 0.923 bits per heavy atom. The second-order valence-electron chi connectivity index (χ2n) is 6.30. The average Bonchev–Trinajstić information content (AvgIpc) is 2.69. The lowest BCUT2D eigenvalue weighted by Crippen LogP contribution is -2.20. The topological polar surface area (TPSA) is 55.1 Å². The molecule has 1 unspecified atom stereocenters. The highest BCUT2D eigenvalue weighted by atomic mass is 16.3. The Kier molecular flexibility index (Phi) is 4.11. The number of benzene rings is 3. The molecule has 1 aromatic heterocycles. The summed E-state index contributed by atoms with van der Waals surface area (Å²) in [6.07, 6.45) is 1.17. The number of fused-ring (bicyclic) bond motifs is 1. The third kappa shape index (κ3) is 2.91. The van der Waals surface area contributed by atoms with Crippen molar-refractivity contribution in [2.45, 2.75) is 13.0 Å². The molecule has 0 bridgehead atoms. The monoisotopic (exact) mass is 342 g/mol. The lowest BCUT2D eigenvalue weighted by atomic mass is 10.0. The van der Waals surface area contributed by atoms with Crippen LogP contribution in [0.5, 0.6) is 0 Å². The van der Waals surface area contributed by atoms with Crippen molar-refractivity contribution < 1.29 is 5.11 Å². The molecule has 0 aliphatic rings. The highest BCUT2D eigenvalue weighted by Crippen LogP contribution is 2.23. The summed E-state index contributed by atoms with van der Waals surface area (Å²) in [5.41, 5.74) is 3.47. The molecule has 0 spiro atoms. The fourth-order valence-electron chi connectivity index (χ4n) is 3.04. The summed E-state index contributed by atoms with van der Waals surface area (Å²) in [7, 11) is 0. The van der Waals surface area contributed by atoms with Gasteiger partial charge in [-0.2, -0.15) is 9.78 Å². The summed E-state index contributed by atoms with van der Waals surface area (Å²) in [6, 6.07) is 23.0. The Hall–Kier alpha value is -3.24. The molecule has 0 fully saturated rings. The molecule has 3 aromatic carbocycles. The minimum Gasteiger partial charge on any atom is -0.389 e. The molecule has 0 saturated carbocycles. The minimum atomic E-state index is -0.540. The molecule has 4 rings (SSSR count). The van der Waals surface area contributed by atoms with Crippen molar-refractivity contribution >= 4 is 10.8 Å². The Labute approximate surface area is 151 Å². The fraction of sp³-hybridized carbons (Fsp3) is 0.0909. The van der Waals surface area contributed by atoms with Crippen LogP contribution in [0.3, 0.4) is 0 Å². The van der Waals surface area contributed by atoms with Gasteiger partial charge in [-0.1, -0.05) is 48.5 Å². The van der Waals surface area contributed by atoms with Crippen LogP contribution in [-0.2, 0) is 0 Å². The van der Waals surface area contributed by atoms with Gasteiger partial charge in [0.25, 0.3) is 5.56 Å². The quantitative estimate of drug-likeness (QED) is 0.610. The predicted molar refractivity (Wildman–Crippen MR) is 103 cm³/mol. The van der Waals surface area contributed by atoms with Crippen LogP contribution in [0.15, 0.2) is 83.8 Å². The highest BCUT2D eigenvalue weighted by Gasteiger charge is 2.08. The van der Waals surface area contributed by atoms with E-state index in [0.717, 1.165) is 22.1 Å². The molecular formula is C22H18N2O2. The summed E-state index contributed by atoms with van der Waals surface area (Å²) in [6.45, 7) is 1.71. The van der Waals surface area contributed by atoms with Gasteiger partial charge in [0, 0.05) is 5.39 Å². The van der Waals surface area contributed by atoms with Crippen molar-refractivity contribution in [3.63, 3.8) is 0 Å². The summed E-state index contributed by atoms with van der Waals surface area (Å²) in [5, 5.41) is 15.4. The van der Waals surface area contributed by atoms with E-state index in [1.807, 2.05) is 48.5 Å². The third-order valence-electron chi connectivity index (χ3n) is 4.51. The zero-order valence-corrected chi connectivity index (χ0v) is 14.3. The number of aliphatic hydroxyl groups excluding tert-OH is 1. The van der Waals surface area contributed by atoms with Crippen LogP contribution in [0.2, 0.25) is 0 Å². The molecule has 1 atom stereocenters. The third-order valence-corrected chi connectivity index (χ3v) is 4.51. The molecular weight excluding hydrogens is 324 g/mol. The molecule has 0 radical (unpaired) electrons. The van der Waals surface area contributed by atoms with E-state index in [1.54, 1.807) is 37.4 Å². The first-order valence-electron chi connectivity index (χ1n) is 8.49. The number of rotatable bonds is 3. The maximum Gasteiger partial charge on any atom is 0.279 e. The zero-order chi connectivity index (χ0) is 18.1. The van der Waals surface area contributed by atoms with Crippen LogP contribution in [0.1, 0.15) is 18.6 Å². The zero-order valence-electron chi connectivity index (χ0n) is 14.3. The number of aliphatic hydroxyl groups is 1. The molecule has 4 nitrogen and oxygen atoms in total. The van der Waals surface area contributed by atoms with Gasteiger partial charge in [-0.3, -0.25) is 4.79 Å². The average molecular weight is 342 g/mol. The van der Waals surface area contributed by atoms with Crippen molar-refractivity contribution in [2.24, 2.45) is 0 Å². The molecule has 1 heterocycles. The van der Waals surface area contributed by atoms with Crippen molar-refractivity contribution in [3.8, 4) is 16.8 Å². The van der Waals surface area contributed by atoms with E-state index in [2.05, 4.69) is 5.10 Å². The minimum absolute atomic E-state index is 0.160. The van der Waals surface area contributed by atoms with Crippen molar-refractivity contribution in [1.82, 2.24) is 9.78 Å². The first-order chi connectivity index (χ1) is 12.6. The molecule has 0 saturated heterocycles. The maximum atomic E-state index is 12.8. The number of aromatic nitrogens is 2. The lowest BCUT2D eigenvalue weighted by molar-refractivity contribution is 0.199. The molecule has 128 valence electrons. The Morgan fingerprint density at radius 2 is 1.65 bits per heavy atom. The fourth-order valence-corrected chi connectivity index (χ4v) is 3.04. The lowest BCUT2D eigenvalue weighted by Gasteiger charge is -2.09. The Morgan fingerprint density at radius 3 is 2.35 bits per heavy atom. The smallest absolute Gasteiger partial charge is 0.279 e. The predicted octanol–water partition coefficient (Wildman–Crippen LogP) is 4.11. The van der Waals surface area contributed by atoms with Crippen LogP contribution in [-0.4, -0.2) is 14.9 Å². The summed E-state index contributed by atoms with van der Waals surface area (Å²) in [5.74, 6) is 0. The second-order valence-corrected chi connectivity index (χ2v) is 6.30. The van der Waals surface area contributed by atoms with Gasteiger partial charge in [0.1, 0.15) is 0 Å². The van der Waals surface area contributed by atoms with E-state index >= 15 is 0 Å². The second kappa shape index (κ2) is 6.58. The van der Waals surface area contributed by atoms with Crippen LogP contribution in [0.4, 0.5) is 0 Å². The molecule has 26 heavy (non-hydrogen) atoms. The molecule has 0 amide bonds. The number of hydrogen-bond donors (Lipinski definition) is 1. The van der Waals surface area contributed by atoms with E-state index in [9.17, 15) is 9.90 Å². The SMILES string of the molecule is CC(O)c1ccc(-n2ncc3cc(-c4ccccc4)ccc3c2=O)cc1. The van der Waals surface area contributed by atoms with Gasteiger partial charge in [0.15, 0.2) is 0 Å². The van der Waals surface area contributed by atoms with Crippen LogP contribution < -0.4 is 5.56 Å². The van der Waals surface area contributed by atoms with Gasteiger partial charge in [-0.15, -0.1) is 0 Å². The van der Waals surface area contributed by atoms with Crippen molar-refractivity contribution in [1.29, 1.82) is 0 Å². The van der Waals surface area contributed by atoms with Crippen molar-refractivity contribution in [3.05, 3.63) is 94.9 Å². The van der Waals surface area contributed by atoms with E-state index in [4.69, 9.17) is 0 Å².